The SMILES string of the molecule is CCOCCCCNC(=NC)NCCS(=O)(=O)N1CCSCC1. The topological polar surface area (TPSA) is 83.0 Å². The smallest absolute Gasteiger partial charge is 0.215 e. The molecule has 7 nitrogen and oxygen atoms in total. The second-order valence-electron chi connectivity index (χ2n) is 5.16. The first-order valence-corrected chi connectivity index (χ1v) is 10.9. The van der Waals surface area contributed by atoms with Crippen LogP contribution in [0.4, 0.5) is 0 Å². The number of unbranched alkanes of at least 4 members (excludes halogenated alkanes) is 1. The molecule has 0 amide bonds. The molecule has 1 heterocycles. The van der Waals surface area contributed by atoms with Gasteiger partial charge < -0.3 is 15.4 Å². The Hall–Kier alpha value is -0.510. The first-order chi connectivity index (χ1) is 11.1. The number of ether oxygens (including phenoxy) is 1. The number of nitrogens with one attached hydrogen (secondary N) is 2. The summed E-state index contributed by atoms with van der Waals surface area (Å²) < 4.78 is 31.3. The molecular formula is C14H30N4O3S2. The van der Waals surface area contributed by atoms with Crippen molar-refractivity contribution in [1.82, 2.24) is 14.9 Å². The second kappa shape index (κ2) is 11.9. The van der Waals surface area contributed by atoms with Crippen molar-refractivity contribution in [2.45, 2.75) is 19.8 Å². The van der Waals surface area contributed by atoms with Crippen LogP contribution in [0, 0.1) is 0 Å². The summed E-state index contributed by atoms with van der Waals surface area (Å²) in [5.74, 6) is 2.52. The Morgan fingerprint density at radius 3 is 2.57 bits per heavy atom. The van der Waals surface area contributed by atoms with Crippen LogP contribution in [-0.2, 0) is 14.8 Å². The highest BCUT2D eigenvalue weighted by Gasteiger charge is 2.23. The lowest BCUT2D eigenvalue weighted by molar-refractivity contribution is 0.143. The molecule has 0 radical (unpaired) electrons. The van der Waals surface area contributed by atoms with Crippen LogP contribution in [0.2, 0.25) is 0 Å². The Labute approximate surface area is 144 Å². The Balaban J connectivity index is 2.18. The molecule has 23 heavy (non-hydrogen) atoms. The van der Waals surface area contributed by atoms with Crippen LogP contribution in [-0.4, -0.2) is 82.4 Å². The molecule has 1 aliphatic heterocycles. The van der Waals surface area contributed by atoms with Crippen LogP contribution in [0.25, 0.3) is 0 Å². The van der Waals surface area contributed by atoms with E-state index in [0.717, 1.165) is 44.1 Å². The average Bonchev–Trinajstić information content (AvgIpc) is 2.57. The lowest BCUT2D eigenvalue weighted by Gasteiger charge is -2.25. The van der Waals surface area contributed by atoms with Crippen LogP contribution in [0.3, 0.4) is 0 Å². The van der Waals surface area contributed by atoms with E-state index in [1.54, 1.807) is 23.1 Å². The maximum atomic E-state index is 12.2. The van der Waals surface area contributed by atoms with Crippen molar-refractivity contribution in [2.24, 2.45) is 4.99 Å². The molecule has 0 atom stereocenters. The van der Waals surface area contributed by atoms with Crippen LogP contribution in [0.1, 0.15) is 19.8 Å². The summed E-state index contributed by atoms with van der Waals surface area (Å²) in [6.07, 6.45) is 1.99. The Bertz CT molecular complexity index is 437. The van der Waals surface area contributed by atoms with E-state index >= 15 is 0 Å². The predicted molar refractivity (Wildman–Crippen MR) is 97.8 cm³/mol. The summed E-state index contributed by atoms with van der Waals surface area (Å²) in [7, 11) is -1.48. The van der Waals surface area contributed by atoms with Gasteiger partial charge in [0.05, 0.1) is 5.75 Å². The van der Waals surface area contributed by atoms with Gasteiger partial charge in [-0.15, -0.1) is 0 Å². The van der Waals surface area contributed by atoms with Gasteiger partial charge in [-0.2, -0.15) is 11.8 Å². The van der Waals surface area contributed by atoms with Crippen LogP contribution < -0.4 is 10.6 Å². The molecule has 0 aromatic heterocycles. The summed E-state index contributed by atoms with van der Waals surface area (Å²) in [5, 5.41) is 6.25. The van der Waals surface area contributed by atoms with Crippen molar-refractivity contribution in [3.63, 3.8) is 0 Å². The van der Waals surface area contributed by atoms with E-state index in [-0.39, 0.29) is 5.75 Å². The highest BCUT2D eigenvalue weighted by Crippen LogP contribution is 2.12. The largest absolute Gasteiger partial charge is 0.382 e. The Kier molecular flexibility index (Phi) is 10.7. The zero-order valence-electron chi connectivity index (χ0n) is 14.2. The normalized spacial score (nSPS) is 17.2. The number of aliphatic imine (C=N–C) groups is 1. The minimum absolute atomic E-state index is 0.0999. The quantitative estimate of drug-likeness (QED) is 0.330. The van der Waals surface area contributed by atoms with Crippen molar-refractivity contribution < 1.29 is 13.2 Å². The number of rotatable bonds is 10. The maximum absolute atomic E-state index is 12.2. The first-order valence-electron chi connectivity index (χ1n) is 8.18. The highest BCUT2D eigenvalue weighted by atomic mass is 32.2. The molecule has 2 N–H and O–H groups in total. The van der Waals surface area contributed by atoms with Crippen LogP contribution >= 0.6 is 11.8 Å². The fraction of sp³-hybridized carbons (Fsp3) is 0.929. The molecule has 0 aliphatic carbocycles. The molecule has 0 aromatic rings. The van der Waals surface area contributed by atoms with E-state index < -0.39 is 10.0 Å². The molecule has 136 valence electrons. The molecule has 1 saturated heterocycles. The van der Waals surface area contributed by atoms with Gasteiger partial charge in [0.2, 0.25) is 10.0 Å². The molecule has 0 saturated carbocycles. The zero-order valence-corrected chi connectivity index (χ0v) is 15.8. The number of thioether (sulfide) groups is 1. The van der Waals surface area contributed by atoms with Gasteiger partial charge in [-0.05, 0) is 19.8 Å². The molecule has 0 aromatic carbocycles. The lowest BCUT2D eigenvalue weighted by atomic mass is 10.3. The number of guanidine groups is 1. The third kappa shape index (κ3) is 8.78. The fourth-order valence-corrected chi connectivity index (χ4v) is 4.64. The minimum Gasteiger partial charge on any atom is -0.382 e. The lowest BCUT2D eigenvalue weighted by Crippen LogP contribution is -2.44. The van der Waals surface area contributed by atoms with Crippen molar-refractivity contribution in [2.75, 3.05) is 63.7 Å². The third-order valence-corrected chi connectivity index (χ3v) is 6.27. The van der Waals surface area contributed by atoms with Gasteiger partial charge in [0.1, 0.15) is 0 Å². The molecule has 1 aliphatic rings. The minimum atomic E-state index is -3.16. The van der Waals surface area contributed by atoms with Crippen molar-refractivity contribution in [3.8, 4) is 0 Å². The summed E-state index contributed by atoms with van der Waals surface area (Å²) in [4.78, 5) is 4.11. The van der Waals surface area contributed by atoms with E-state index in [1.165, 1.54) is 0 Å². The van der Waals surface area contributed by atoms with E-state index in [1.807, 2.05) is 6.92 Å². The van der Waals surface area contributed by atoms with Gasteiger partial charge >= 0.3 is 0 Å². The third-order valence-electron chi connectivity index (χ3n) is 3.45. The number of nitrogens with zero attached hydrogens (tertiary/aromatic N) is 2. The van der Waals surface area contributed by atoms with E-state index in [9.17, 15) is 8.42 Å². The molecule has 1 fully saturated rings. The Morgan fingerprint density at radius 2 is 1.91 bits per heavy atom. The summed E-state index contributed by atoms with van der Waals surface area (Å²) >= 11 is 1.80. The van der Waals surface area contributed by atoms with Gasteiger partial charge in [0.25, 0.3) is 0 Å². The monoisotopic (exact) mass is 366 g/mol. The summed E-state index contributed by atoms with van der Waals surface area (Å²) in [5.41, 5.74) is 0. The van der Waals surface area contributed by atoms with Crippen molar-refractivity contribution in [1.29, 1.82) is 0 Å². The van der Waals surface area contributed by atoms with Gasteiger partial charge in [-0.25, -0.2) is 12.7 Å². The van der Waals surface area contributed by atoms with E-state index in [0.29, 0.717) is 25.6 Å². The summed E-state index contributed by atoms with van der Waals surface area (Å²) in [6, 6.07) is 0. The molecule has 0 bridgehead atoms. The average molecular weight is 367 g/mol. The second-order valence-corrected chi connectivity index (χ2v) is 8.47. The Morgan fingerprint density at radius 1 is 1.22 bits per heavy atom. The number of hydrogen-bond acceptors (Lipinski definition) is 5. The first kappa shape index (κ1) is 20.5. The van der Waals surface area contributed by atoms with Crippen molar-refractivity contribution in [3.05, 3.63) is 0 Å². The maximum Gasteiger partial charge on any atom is 0.215 e. The summed E-state index contributed by atoms with van der Waals surface area (Å²) in [6.45, 7) is 5.92. The highest BCUT2D eigenvalue weighted by molar-refractivity contribution is 7.99. The van der Waals surface area contributed by atoms with E-state index in [4.69, 9.17) is 4.74 Å². The van der Waals surface area contributed by atoms with E-state index in [2.05, 4.69) is 15.6 Å². The van der Waals surface area contributed by atoms with Gasteiger partial charge in [0, 0.05) is 57.9 Å². The number of hydrogen-bond donors (Lipinski definition) is 2. The van der Waals surface area contributed by atoms with Crippen molar-refractivity contribution >= 4 is 27.7 Å². The molecule has 0 unspecified atom stereocenters. The van der Waals surface area contributed by atoms with Crippen LogP contribution in [0.15, 0.2) is 4.99 Å². The molecule has 0 spiro atoms. The van der Waals surface area contributed by atoms with Gasteiger partial charge in [0.15, 0.2) is 5.96 Å². The fourth-order valence-electron chi connectivity index (χ4n) is 2.15. The standard InChI is InChI=1S/C14H30N4O3S2/c1-3-21-10-5-4-6-16-14(15-2)17-7-13-23(19,20)18-8-11-22-12-9-18/h3-13H2,1-2H3,(H2,15,16,17). The predicted octanol–water partition coefficient (Wildman–Crippen LogP) is 0.347. The van der Waals surface area contributed by atoms with Gasteiger partial charge in [-0.1, -0.05) is 0 Å². The van der Waals surface area contributed by atoms with Gasteiger partial charge in [-0.3, -0.25) is 4.99 Å². The molecule has 9 heteroatoms. The molecule has 1 rings (SSSR count). The molecular weight excluding hydrogens is 336 g/mol. The zero-order chi connectivity index (χ0) is 17.0. The number of sulfonamides is 1. The van der Waals surface area contributed by atoms with Crippen LogP contribution in [0.5, 0.6) is 0 Å².